The molecule has 2 N–H and O–H groups in total. The van der Waals surface area contributed by atoms with Crippen molar-refractivity contribution in [3.8, 4) is 0 Å². The largest absolute Gasteiger partial charge is 0.398 e. The maximum atomic E-state index is 12.6. The summed E-state index contributed by atoms with van der Waals surface area (Å²) in [4.78, 5) is 14.8. The second-order valence-corrected chi connectivity index (χ2v) is 5.28. The topological polar surface area (TPSA) is 46.3 Å². The lowest BCUT2D eigenvalue weighted by Crippen LogP contribution is -2.25. The first kappa shape index (κ1) is 12.7. The smallest absolute Gasteiger partial charge is 0.195 e. The van der Waals surface area contributed by atoms with Crippen molar-refractivity contribution in [2.24, 2.45) is 0 Å². The van der Waals surface area contributed by atoms with Gasteiger partial charge in [-0.1, -0.05) is 24.3 Å². The van der Waals surface area contributed by atoms with Crippen molar-refractivity contribution in [1.82, 2.24) is 0 Å². The normalized spacial score (nSPS) is 13.9. The molecule has 3 nitrogen and oxygen atoms in total. The van der Waals surface area contributed by atoms with Gasteiger partial charge in [-0.05, 0) is 36.6 Å². The number of nitrogens with zero attached hydrogens (tertiary/aromatic N) is 1. The number of para-hydroxylation sites is 1. The molecule has 102 valence electrons. The predicted molar refractivity (Wildman–Crippen MR) is 82.3 cm³/mol. The Labute approximate surface area is 119 Å². The second kappa shape index (κ2) is 5.00. The van der Waals surface area contributed by atoms with Crippen LogP contribution in [0.1, 0.15) is 27.9 Å². The zero-order valence-electron chi connectivity index (χ0n) is 11.6. The standard InChI is InChI=1S/C17H18N2O/c1-19-10-4-5-12-8-9-13(11-16(12)19)17(20)14-6-2-3-7-15(14)18/h2-3,6-9,11H,4-5,10,18H2,1H3. The van der Waals surface area contributed by atoms with Crippen LogP contribution in [0, 0.1) is 0 Å². The quantitative estimate of drug-likeness (QED) is 0.671. The Balaban J connectivity index is 2.01. The summed E-state index contributed by atoms with van der Waals surface area (Å²) in [5.74, 6) is -0.00938. The zero-order chi connectivity index (χ0) is 14.1. The highest BCUT2D eigenvalue weighted by atomic mass is 16.1. The van der Waals surface area contributed by atoms with E-state index in [0.29, 0.717) is 16.8 Å². The van der Waals surface area contributed by atoms with Gasteiger partial charge < -0.3 is 10.6 Å². The van der Waals surface area contributed by atoms with E-state index in [9.17, 15) is 4.79 Å². The summed E-state index contributed by atoms with van der Waals surface area (Å²) in [6.45, 7) is 1.04. The molecule has 0 amide bonds. The summed E-state index contributed by atoms with van der Waals surface area (Å²) in [5.41, 5.74) is 10.2. The molecule has 0 aliphatic carbocycles. The van der Waals surface area contributed by atoms with Gasteiger partial charge in [0.15, 0.2) is 5.78 Å². The van der Waals surface area contributed by atoms with Crippen LogP contribution in [-0.2, 0) is 6.42 Å². The highest BCUT2D eigenvalue weighted by Crippen LogP contribution is 2.28. The van der Waals surface area contributed by atoms with E-state index >= 15 is 0 Å². The third-order valence-electron chi connectivity index (χ3n) is 3.90. The summed E-state index contributed by atoms with van der Waals surface area (Å²) >= 11 is 0. The number of rotatable bonds is 2. The van der Waals surface area contributed by atoms with E-state index < -0.39 is 0 Å². The molecule has 0 atom stereocenters. The predicted octanol–water partition coefficient (Wildman–Crippen LogP) is 2.88. The fourth-order valence-electron chi connectivity index (χ4n) is 2.76. The molecular formula is C17H18N2O. The second-order valence-electron chi connectivity index (χ2n) is 5.28. The molecule has 3 rings (SSSR count). The van der Waals surface area contributed by atoms with Gasteiger partial charge in [-0.2, -0.15) is 0 Å². The number of aryl methyl sites for hydroxylation is 1. The molecule has 0 unspecified atom stereocenters. The maximum absolute atomic E-state index is 12.6. The molecule has 0 saturated carbocycles. The van der Waals surface area contributed by atoms with Crippen LogP contribution in [0.3, 0.4) is 0 Å². The Morgan fingerprint density at radius 1 is 1.20 bits per heavy atom. The third-order valence-corrected chi connectivity index (χ3v) is 3.90. The molecular weight excluding hydrogens is 248 g/mol. The third kappa shape index (κ3) is 2.16. The fraction of sp³-hybridized carbons (Fsp3) is 0.235. The van der Waals surface area contributed by atoms with E-state index in [4.69, 9.17) is 5.73 Å². The van der Waals surface area contributed by atoms with Gasteiger partial charge in [0.2, 0.25) is 0 Å². The molecule has 2 aromatic rings. The van der Waals surface area contributed by atoms with Crippen LogP contribution < -0.4 is 10.6 Å². The molecule has 1 heterocycles. The zero-order valence-corrected chi connectivity index (χ0v) is 11.6. The number of ketones is 1. The minimum absolute atomic E-state index is 0.00938. The number of anilines is 2. The van der Waals surface area contributed by atoms with E-state index in [0.717, 1.165) is 18.7 Å². The lowest BCUT2D eigenvalue weighted by Gasteiger charge is -2.27. The number of carbonyl (C=O) groups excluding carboxylic acids is 1. The molecule has 0 radical (unpaired) electrons. The Morgan fingerprint density at radius 2 is 2.00 bits per heavy atom. The number of fused-ring (bicyclic) bond motifs is 1. The van der Waals surface area contributed by atoms with E-state index in [1.54, 1.807) is 12.1 Å². The lowest BCUT2D eigenvalue weighted by molar-refractivity contribution is 0.103. The number of carbonyl (C=O) groups is 1. The summed E-state index contributed by atoms with van der Waals surface area (Å²) in [5, 5.41) is 0. The van der Waals surface area contributed by atoms with Gasteiger partial charge in [-0.25, -0.2) is 0 Å². The molecule has 3 heteroatoms. The Hall–Kier alpha value is -2.29. The summed E-state index contributed by atoms with van der Waals surface area (Å²) in [7, 11) is 2.07. The van der Waals surface area contributed by atoms with Crippen molar-refractivity contribution in [2.75, 3.05) is 24.2 Å². The maximum Gasteiger partial charge on any atom is 0.195 e. The van der Waals surface area contributed by atoms with Crippen molar-refractivity contribution in [1.29, 1.82) is 0 Å². The van der Waals surface area contributed by atoms with E-state index in [1.807, 2.05) is 24.3 Å². The average Bonchev–Trinajstić information content (AvgIpc) is 2.47. The van der Waals surface area contributed by atoms with Crippen molar-refractivity contribution in [2.45, 2.75) is 12.8 Å². The SMILES string of the molecule is CN1CCCc2ccc(C(=O)c3ccccc3N)cc21. The molecule has 1 aliphatic rings. The van der Waals surface area contributed by atoms with E-state index in [2.05, 4.69) is 18.0 Å². The van der Waals surface area contributed by atoms with Gasteiger partial charge in [0, 0.05) is 36.1 Å². The number of hydrogen-bond acceptors (Lipinski definition) is 3. The van der Waals surface area contributed by atoms with Crippen molar-refractivity contribution in [3.63, 3.8) is 0 Å². The molecule has 2 aromatic carbocycles. The molecule has 20 heavy (non-hydrogen) atoms. The van der Waals surface area contributed by atoms with Crippen LogP contribution in [-0.4, -0.2) is 19.4 Å². The van der Waals surface area contributed by atoms with Crippen molar-refractivity contribution in [3.05, 3.63) is 59.2 Å². The van der Waals surface area contributed by atoms with Gasteiger partial charge in [0.25, 0.3) is 0 Å². The molecule has 0 spiro atoms. The van der Waals surface area contributed by atoms with Crippen LogP contribution in [0.2, 0.25) is 0 Å². The molecule has 0 aromatic heterocycles. The average molecular weight is 266 g/mol. The number of hydrogen-bond donors (Lipinski definition) is 1. The van der Waals surface area contributed by atoms with Crippen LogP contribution in [0.5, 0.6) is 0 Å². The highest BCUT2D eigenvalue weighted by molar-refractivity contribution is 6.12. The van der Waals surface area contributed by atoms with E-state index in [1.165, 1.54) is 12.0 Å². The van der Waals surface area contributed by atoms with Gasteiger partial charge in [-0.15, -0.1) is 0 Å². The Bertz CT molecular complexity index is 664. The molecule has 0 saturated heterocycles. The first-order valence-electron chi connectivity index (χ1n) is 6.90. The molecule has 1 aliphatic heterocycles. The monoisotopic (exact) mass is 266 g/mol. The minimum Gasteiger partial charge on any atom is -0.398 e. The van der Waals surface area contributed by atoms with Crippen LogP contribution in [0.4, 0.5) is 11.4 Å². The van der Waals surface area contributed by atoms with Crippen LogP contribution in [0.15, 0.2) is 42.5 Å². The molecule has 0 fully saturated rings. The van der Waals surface area contributed by atoms with Crippen molar-refractivity contribution < 1.29 is 4.79 Å². The first-order valence-corrected chi connectivity index (χ1v) is 6.90. The van der Waals surface area contributed by atoms with Gasteiger partial charge in [-0.3, -0.25) is 4.79 Å². The van der Waals surface area contributed by atoms with Gasteiger partial charge >= 0.3 is 0 Å². The lowest BCUT2D eigenvalue weighted by atomic mass is 9.96. The van der Waals surface area contributed by atoms with Gasteiger partial charge in [0.05, 0.1) is 0 Å². The van der Waals surface area contributed by atoms with Gasteiger partial charge in [0.1, 0.15) is 0 Å². The minimum atomic E-state index is -0.00938. The Morgan fingerprint density at radius 3 is 2.80 bits per heavy atom. The van der Waals surface area contributed by atoms with Crippen LogP contribution in [0.25, 0.3) is 0 Å². The number of nitrogen functional groups attached to an aromatic ring is 1. The Kier molecular flexibility index (Phi) is 3.18. The highest BCUT2D eigenvalue weighted by Gasteiger charge is 2.17. The number of nitrogens with two attached hydrogens (primary N) is 1. The first-order chi connectivity index (χ1) is 9.66. The van der Waals surface area contributed by atoms with E-state index in [-0.39, 0.29) is 5.78 Å². The van der Waals surface area contributed by atoms with Crippen molar-refractivity contribution >= 4 is 17.2 Å². The van der Waals surface area contributed by atoms with Crippen LogP contribution >= 0.6 is 0 Å². The summed E-state index contributed by atoms with van der Waals surface area (Å²) in [6.07, 6.45) is 2.25. The summed E-state index contributed by atoms with van der Waals surface area (Å²) in [6, 6.07) is 13.2. The number of benzene rings is 2. The fourth-order valence-corrected chi connectivity index (χ4v) is 2.76. The summed E-state index contributed by atoms with van der Waals surface area (Å²) < 4.78 is 0. The molecule has 0 bridgehead atoms.